The summed E-state index contributed by atoms with van der Waals surface area (Å²) < 4.78 is 0. The van der Waals surface area contributed by atoms with E-state index in [9.17, 15) is 9.59 Å². The van der Waals surface area contributed by atoms with E-state index in [1.807, 2.05) is 6.20 Å². The Balaban J connectivity index is 1.00. The number of likely N-dealkylation sites (tertiary alicyclic amines) is 2. The topological polar surface area (TPSA) is 101 Å². The van der Waals surface area contributed by atoms with Gasteiger partial charge in [0.15, 0.2) is 0 Å². The molecule has 3 aromatic rings. The molecule has 2 amide bonds. The zero-order chi connectivity index (χ0) is 35.3. The van der Waals surface area contributed by atoms with Crippen LogP contribution in [0.5, 0.6) is 0 Å². The summed E-state index contributed by atoms with van der Waals surface area (Å²) in [6.45, 7) is 12.2. The fraction of sp³-hybridized carbons (Fsp3) is 0.667. The van der Waals surface area contributed by atoms with Crippen molar-refractivity contribution in [1.29, 1.82) is 0 Å². The predicted octanol–water partition coefficient (Wildman–Crippen LogP) is 8.36. The highest BCUT2D eigenvalue weighted by Crippen LogP contribution is 2.55. The second kappa shape index (κ2) is 14.1. The summed E-state index contributed by atoms with van der Waals surface area (Å²) in [5.41, 5.74) is 8.55. The van der Waals surface area contributed by atoms with Crippen molar-refractivity contribution in [3.05, 3.63) is 53.0 Å². The first-order valence-corrected chi connectivity index (χ1v) is 20.3. The minimum Gasteiger partial charge on any atom is -0.371 e. The lowest BCUT2D eigenvalue weighted by molar-refractivity contribution is -0.133. The minimum absolute atomic E-state index is 0.0511. The van der Waals surface area contributed by atoms with Gasteiger partial charge in [0.2, 0.25) is 11.8 Å². The van der Waals surface area contributed by atoms with Crippen LogP contribution in [0.15, 0.2) is 24.5 Å². The number of piperidine rings is 1. The summed E-state index contributed by atoms with van der Waals surface area (Å²) in [7, 11) is 0. The number of aromatic nitrogens is 4. The van der Waals surface area contributed by atoms with Gasteiger partial charge in [0.1, 0.15) is 11.6 Å². The summed E-state index contributed by atoms with van der Waals surface area (Å²) in [5, 5.41) is 0. The lowest BCUT2D eigenvalue weighted by Gasteiger charge is -2.37. The number of carbonyl (C=O) groups is 2. The maximum absolute atomic E-state index is 13.1. The molecule has 3 saturated heterocycles. The molecular formula is C42H59N7O2. The molecule has 0 unspecified atom stereocenters. The predicted molar refractivity (Wildman–Crippen MR) is 202 cm³/mol. The number of imidazole rings is 2. The van der Waals surface area contributed by atoms with Gasteiger partial charge in [0, 0.05) is 68.1 Å². The minimum atomic E-state index is 0.0511. The van der Waals surface area contributed by atoms with Crippen LogP contribution in [0, 0.1) is 11.8 Å². The standard InChI is InChI=1S/C42H59N7O2/c1-27(2)23-37(50)48-19-7-9-35(48)40-43-25-32(45-40)29-14-21-47(22-15-29)34-12-11-30(31-13-18-42(39(31)34)16-5-6-17-42)33-26-44-41(46-33)36-10-8-20-49(36)38(51)24-28(3)4/h11-12,25-29,35-36H,5-10,13-24H2,1-4H3,(H,43,45)(H,44,46)/t35-,36-/m0/s1. The number of H-pyrrole nitrogens is 2. The Labute approximate surface area is 304 Å². The van der Waals surface area contributed by atoms with Crippen molar-refractivity contribution in [2.75, 3.05) is 31.1 Å². The van der Waals surface area contributed by atoms with Crippen LogP contribution in [0.4, 0.5) is 5.69 Å². The van der Waals surface area contributed by atoms with Crippen molar-refractivity contribution >= 4 is 17.5 Å². The summed E-state index contributed by atoms with van der Waals surface area (Å²) in [6.07, 6.45) is 19.2. The van der Waals surface area contributed by atoms with Crippen molar-refractivity contribution in [3.8, 4) is 11.3 Å². The number of amides is 2. The summed E-state index contributed by atoms with van der Waals surface area (Å²) >= 11 is 0. The summed E-state index contributed by atoms with van der Waals surface area (Å²) in [5.74, 6) is 3.63. The molecule has 274 valence electrons. The lowest BCUT2D eigenvalue weighted by Crippen LogP contribution is -2.35. The monoisotopic (exact) mass is 693 g/mol. The Morgan fingerprint density at radius 3 is 2.00 bits per heavy atom. The molecule has 1 spiro atoms. The first-order chi connectivity index (χ1) is 24.7. The van der Waals surface area contributed by atoms with Gasteiger partial charge in [-0.05, 0) is 98.7 Å². The number of carbonyl (C=O) groups excluding carboxylic acids is 2. The molecule has 51 heavy (non-hydrogen) atoms. The van der Waals surface area contributed by atoms with Crippen molar-refractivity contribution in [1.82, 2.24) is 29.7 Å². The van der Waals surface area contributed by atoms with E-state index in [0.717, 1.165) is 88.5 Å². The Hall–Kier alpha value is -3.62. The number of anilines is 1. The van der Waals surface area contributed by atoms with Crippen LogP contribution < -0.4 is 4.90 Å². The molecular weight excluding hydrogens is 635 g/mol. The fourth-order valence-corrected chi connectivity index (χ4v) is 10.5. The van der Waals surface area contributed by atoms with Gasteiger partial charge in [-0.3, -0.25) is 9.59 Å². The molecule has 2 atom stereocenters. The van der Waals surface area contributed by atoms with Gasteiger partial charge >= 0.3 is 0 Å². The number of benzene rings is 1. The molecule has 5 heterocycles. The van der Waals surface area contributed by atoms with Gasteiger partial charge < -0.3 is 24.7 Å². The summed E-state index contributed by atoms with van der Waals surface area (Å²) in [4.78, 5) is 50.1. The molecule has 9 heteroatoms. The zero-order valence-electron chi connectivity index (χ0n) is 31.5. The third-order valence-electron chi connectivity index (χ3n) is 13.0. The van der Waals surface area contributed by atoms with Gasteiger partial charge in [0.25, 0.3) is 0 Å². The number of hydrogen-bond acceptors (Lipinski definition) is 5. The Morgan fingerprint density at radius 1 is 0.765 bits per heavy atom. The Bertz CT molecular complexity index is 1720. The van der Waals surface area contributed by atoms with E-state index in [-0.39, 0.29) is 23.9 Å². The maximum Gasteiger partial charge on any atom is 0.223 e. The van der Waals surface area contributed by atoms with Gasteiger partial charge in [-0.1, -0.05) is 46.6 Å². The first kappa shape index (κ1) is 34.5. The molecule has 0 bridgehead atoms. The molecule has 8 rings (SSSR count). The zero-order valence-corrected chi connectivity index (χ0v) is 31.5. The van der Waals surface area contributed by atoms with E-state index in [1.165, 1.54) is 54.6 Å². The van der Waals surface area contributed by atoms with Crippen LogP contribution in [0.1, 0.15) is 158 Å². The van der Waals surface area contributed by atoms with Crippen LogP contribution >= 0.6 is 0 Å². The maximum atomic E-state index is 13.1. The van der Waals surface area contributed by atoms with E-state index >= 15 is 0 Å². The second-order valence-electron chi connectivity index (χ2n) is 17.3. The molecule has 1 saturated carbocycles. The van der Waals surface area contributed by atoms with Gasteiger partial charge in [-0.25, -0.2) is 9.97 Å². The first-order valence-electron chi connectivity index (χ1n) is 20.3. The number of fused-ring (bicyclic) bond motifs is 2. The smallest absolute Gasteiger partial charge is 0.223 e. The van der Waals surface area contributed by atoms with E-state index in [4.69, 9.17) is 9.97 Å². The average Bonchev–Trinajstić information content (AvgIpc) is 3.96. The van der Waals surface area contributed by atoms with Crippen LogP contribution in [0.2, 0.25) is 0 Å². The van der Waals surface area contributed by atoms with Crippen molar-refractivity contribution in [2.24, 2.45) is 11.8 Å². The molecule has 2 N–H and O–H groups in total. The normalized spacial score (nSPS) is 23.5. The number of aromatic amines is 2. The molecule has 3 aliphatic heterocycles. The van der Waals surface area contributed by atoms with E-state index in [1.54, 1.807) is 5.56 Å². The van der Waals surface area contributed by atoms with Crippen molar-refractivity contribution in [3.63, 3.8) is 0 Å². The highest BCUT2D eigenvalue weighted by Gasteiger charge is 2.45. The molecule has 9 nitrogen and oxygen atoms in total. The number of nitrogens with zero attached hydrogens (tertiary/aromatic N) is 5. The molecule has 2 aromatic heterocycles. The van der Waals surface area contributed by atoms with Crippen molar-refractivity contribution < 1.29 is 9.59 Å². The third kappa shape index (κ3) is 6.52. The van der Waals surface area contributed by atoms with Crippen LogP contribution in [-0.4, -0.2) is 67.7 Å². The quantitative estimate of drug-likeness (QED) is 0.235. The largest absolute Gasteiger partial charge is 0.371 e. The second-order valence-corrected chi connectivity index (χ2v) is 17.3. The van der Waals surface area contributed by atoms with Crippen LogP contribution in [0.3, 0.4) is 0 Å². The molecule has 0 radical (unpaired) electrons. The van der Waals surface area contributed by atoms with E-state index in [0.29, 0.717) is 36.0 Å². The Morgan fingerprint density at radius 2 is 1.37 bits per heavy atom. The van der Waals surface area contributed by atoms with Gasteiger partial charge in [0.05, 0.1) is 24.0 Å². The number of nitrogens with one attached hydrogen (secondary N) is 2. The van der Waals surface area contributed by atoms with Gasteiger partial charge in [-0.15, -0.1) is 0 Å². The molecule has 2 aliphatic carbocycles. The van der Waals surface area contributed by atoms with Crippen LogP contribution in [-0.2, 0) is 21.4 Å². The number of rotatable bonds is 9. The molecule has 4 fully saturated rings. The lowest BCUT2D eigenvalue weighted by atomic mass is 9.78. The molecule has 1 aromatic carbocycles. The van der Waals surface area contributed by atoms with Crippen molar-refractivity contribution in [2.45, 2.75) is 141 Å². The third-order valence-corrected chi connectivity index (χ3v) is 13.0. The highest BCUT2D eigenvalue weighted by atomic mass is 16.2. The SMILES string of the molecule is CC(C)CC(=O)N1CCC[C@H]1c1ncc(-c2ccc(N3CCC(c4cnc([C@@H]5CCCN5C(=O)CC(C)C)[nH]4)CC3)c3c2CCC32CCCC2)[nH]1. The number of hydrogen-bond donors (Lipinski definition) is 2. The fourth-order valence-electron chi connectivity index (χ4n) is 10.5. The highest BCUT2D eigenvalue weighted by molar-refractivity contribution is 5.78. The Kier molecular flexibility index (Phi) is 9.51. The summed E-state index contributed by atoms with van der Waals surface area (Å²) in [6, 6.07) is 4.92. The van der Waals surface area contributed by atoms with E-state index in [2.05, 4.69) is 70.7 Å². The van der Waals surface area contributed by atoms with E-state index < -0.39 is 0 Å². The average molecular weight is 694 g/mol. The van der Waals surface area contributed by atoms with Crippen LogP contribution in [0.25, 0.3) is 11.3 Å². The van der Waals surface area contributed by atoms with Gasteiger partial charge in [-0.2, -0.15) is 0 Å². The molecule has 5 aliphatic rings.